The van der Waals surface area contributed by atoms with Gasteiger partial charge in [-0.2, -0.15) is 0 Å². The summed E-state index contributed by atoms with van der Waals surface area (Å²) in [5.74, 6) is -0.136. The van der Waals surface area contributed by atoms with Gasteiger partial charge in [-0.3, -0.25) is 4.79 Å². The molecule has 2 rings (SSSR count). The molecule has 0 saturated heterocycles. The third-order valence-corrected chi connectivity index (χ3v) is 4.07. The van der Waals surface area contributed by atoms with E-state index < -0.39 is 6.10 Å². The molecule has 1 aromatic rings. The normalized spacial score (nSPS) is 25.4. The average Bonchev–Trinajstić information content (AvgIpc) is 2.68. The van der Waals surface area contributed by atoms with Crippen LogP contribution in [-0.4, -0.2) is 23.2 Å². The van der Waals surface area contributed by atoms with Crippen molar-refractivity contribution in [3.05, 3.63) is 21.3 Å². The summed E-state index contributed by atoms with van der Waals surface area (Å²) < 4.78 is 0.606. The second-order valence-electron chi connectivity index (χ2n) is 4.04. The highest BCUT2D eigenvalue weighted by Crippen LogP contribution is 2.23. The van der Waals surface area contributed by atoms with Gasteiger partial charge in [-0.1, -0.05) is 24.4 Å². The molecule has 0 bridgehead atoms. The van der Waals surface area contributed by atoms with E-state index in [1.165, 1.54) is 11.3 Å². The highest BCUT2D eigenvalue weighted by Gasteiger charge is 2.25. The standard InChI is InChI=1S/C11H14ClNO2S/c12-10-6-5-9(16-10)11(15)13-7-3-1-2-4-8(7)14/h5-8,14H,1-4H2,(H,13,15)/t7-,8-/m0/s1. The number of carbonyl (C=O) groups is 1. The number of amides is 1. The zero-order valence-corrected chi connectivity index (χ0v) is 10.4. The number of carbonyl (C=O) groups excluding carboxylic acids is 1. The van der Waals surface area contributed by atoms with Crippen molar-refractivity contribution < 1.29 is 9.90 Å². The lowest BCUT2D eigenvalue weighted by Gasteiger charge is -2.28. The van der Waals surface area contributed by atoms with Crippen molar-refractivity contribution in [1.82, 2.24) is 5.32 Å². The second-order valence-corrected chi connectivity index (χ2v) is 5.75. The van der Waals surface area contributed by atoms with Gasteiger partial charge in [-0.25, -0.2) is 0 Å². The van der Waals surface area contributed by atoms with E-state index in [1.807, 2.05) is 0 Å². The molecule has 2 N–H and O–H groups in total. The van der Waals surface area contributed by atoms with E-state index in [0.717, 1.165) is 25.7 Å². The van der Waals surface area contributed by atoms with Crippen molar-refractivity contribution in [1.29, 1.82) is 0 Å². The van der Waals surface area contributed by atoms with Gasteiger partial charge in [0.05, 0.1) is 21.4 Å². The van der Waals surface area contributed by atoms with Crippen LogP contribution in [0.2, 0.25) is 4.34 Å². The first-order chi connectivity index (χ1) is 7.66. The number of nitrogens with one attached hydrogen (secondary N) is 1. The van der Waals surface area contributed by atoms with Crippen LogP contribution in [0.1, 0.15) is 35.4 Å². The lowest BCUT2D eigenvalue weighted by molar-refractivity contribution is 0.0720. The van der Waals surface area contributed by atoms with E-state index in [-0.39, 0.29) is 11.9 Å². The molecule has 1 aliphatic carbocycles. The Morgan fingerprint density at radius 3 is 2.81 bits per heavy atom. The van der Waals surface area contributed by atoms with Gasteiger partial charge in [0.25, 0.3) is 5.91 Å². The van der Waals surface area contributed by atoms with Crippen LogP contribution in [0.15, 0.2) is 12.1 Å². The van der Waals surface area contributed by atoms with Crippen LogP contribution in [0.25, 0.3) is 0 Å². The SMILES string of the molecule is O=C(N[C@H]1CCCC[C@@H]1O)c1ccc(Cl)s1. The Hall–Kier alpha value is -0.580. The van der Waals surface area contributed by atoms with Gasteiger partial charge in [0.1, 0.15) is 0 Å². The van der Waals surface area contributed by atoms with Gasteiger partial charge in [0.2, 0.25) is 0 Å². The fraction of sp³-hybridized carbons (Fsp3) is 0.545. The molecule has 0 aliphatic heterocycles. The zero-order valence-electron chi connectivity index (χ0n) is 8.78. The summed E-state index contributed by atoms with van der Waals surface area (Å²) in [5, 5.41) is 12.6. The molecule has 0 radical (unpaired) electrons. The molecule has 1 aromatic heterocycles. The number of hydrogen-bond acceptors (Lipinski definition) is 3. The predicted molar refractivity (Wildman–Crippen MR) is 65.1 cm³/mol. The maximum absolute atomic E-state index is 11.8. The van der Waals surface area contributed by atoms with E-state index in [4.69, 9.17) is 11.6 Å². The van der Waals surface area contributed by atoms with Crippen LogP contribution < -0.4 is 5.32 Å². The van der Waals surface area contributed by atoms with E-state index >= 15 is 0 Å². The minimum Gasteiger partial charge on any atom is -0.391 e. The number of halogens is 1. The Kier molecular flexibility index (Phi) is 3.84. The Morgan fingerprint density at radius 2 is 2.19 bits per heavy atom. The van der Waals surface area contributed by atoms with Crippen LogP contribution in [0.4, 0.5) is 0 Å². The summed E-state index contributed by atoms with van der Waals surface area (Å²) in [5.41, 5.74) is 0. The summed E-state index contributed by atoms with van der Waals surface area (Å²) >= 11 is 7.02. The quantitative estimate of drug-likeness (QED) is 0.857. The maximum Gasteiger partial charge on any atom is 0.261 e. The predicted octanol–water partition coefficient (Wildman–Crippen LogP) is 2.43. The number of aliphatic hydroxyl groups excluding tert-OH is 1. The minimum atomic E-state index is -0.409. The van der Waals surface area contributed by atoms with Gasteiger partial charge in [-0.05, 0) is 25.0 Å². The third-order valence-electron chi connectivity index (χ3n) is 2.84. The van der Waals surface area contributed by atoms with Crippen LogP contribution >= 0.6 is 22.9 Å². The van der Waals surface area contributed by atoms with Crippen LogP contribution in [0.3, 0.4) is 0 Å². The average molecular weight is 260 g/mol. The molecule has 0 spiro atoms. The molecule has 5 heteroatoms. The Labute approximate surface area is 103 Å². The number of thiophene rings is 1. The maximum atomic E-state index is 11.8. The fourth-order valence-corrected chi connectivity index (χ4v) is 2.90. The van der Waals surface area contributed by atoms with Crippen molar-refractivity contribution in [2.45, 2.75) is 37.8 Å². The molecule has 1 fully saturated rings. The van der Waals surface area contributed by atoms with Crippen molar-refractivity contribution in [2.75, 3.05) is 0 Å². The van der Waals surface area contributed by atoms with Crippen molar-refractivity contribution in [2.24, 2.45) is 0 Å². The molecule has 88 valence electrons. The lowest BCUT2D eigenvalue weighted by Crippen LogP contribution is -2.44. The molecule has 1 saturated carbocycles. The first-order valence-electron chi connectivity index (χ1n) is 5.41. The summed E-state index contributed by atoms with van der Waals surface area (Å²) in [6.07, 6.45) is 3.32. The number of hydrogen-bond donors (Lipinski definition) is 2. The van der Waals surface area contributed by atoms with Crippen molar-refractivity contribution in [3.63, 3.8) is 0 Å². The monoisotopic (exact) mass is 259 g/mol. The highest BCUT2D eigenvalue weighted by molar-refractivity contribution is 7.17. The third kappa shape index (κ3) is 2.75. The van der Waals surface area contributed by atoms with Gasteiger partial charge in [0, 0.05) is 0 Å². The Morgan fingerprint density at radius 1 is 1.44 bits per heavy atom. The summed E-state index contributed by atoms with van der Waals surface area (Å²) in [4.78, 5) is 12.4. The number of aliphatic hydroxyl groups is 1. The van der Waals surface area contributed by atoms with Crippen molar-refractivity contribution in [3.8, 4) is 0 Å². The molecule has 1 amide bonds. The van der Waals surface area contributed by atoms with Gasteiger partial charge in [-0.15, -0.1) is 11.3 Å². The van der Waals surface area contributed by atoms with Crippen molar-refractivity contribution >= 4 is 28.8 Å². The Bertz CT molecular complexity index is 380. The van der Waals surface area contributed by atoms with Crippen LogP contribution in [0.5, 0.6) is 0 Å². The summed E-state index contributed by atoms with van der Waals surface area (Å²) in [7, 11) is 0. The molecule has 16 heavy (non-hydrogen) atoms. The molecule has 1 aliphatic rings. The van der Waals surface area contributed by atoms with E-state index in [1.54, 1.807) is 12.1 Å². The van der Waals surface area contributed by atoms with Crippen LogP contribution in [0, 0.1) is 0 Å². The molecule has 1 heterocycles. The first-order valence-corrected chi connectivity index (χ1v) is 6.60. The number of rotatable bonds is 2. The molecular formula is C11H14ClNO2S. The lowest BCUT2D eigenvalue weighted by atomic mass is 9.92. The molecule has 3 nitrogen and oxygen atoms in total. The smallest absolute Gasteiger partial charge is 0.261 e. The second kappa shape index (κ2) is 5.17. The first kappa shape index (κ1) is 11.9. The fourth-order valence-electron chi connectivity index (χ4n) is 1.96. The van der Waals surface area contributed by atoms with Crippen LogP contribution in [-0.2, 0) is 0 Å². The summed E-state index contributed by atoms with van der Waals surface area (Å²) in [6.45, 7) is 0. The molecular weight excluding hydrogens is 246 g/mol. The topological polar surface area (TPSA) is 49.3 Å². The van der Waals surface area contributed by atoms with E-state index in [0.29, 0.717) is 9.21 Å². The Balaban J connectivity index is 1.96. The molecule has 0 aromatic carbocycles. The molecule has 0 unspecified atom stereocenters. The summed E-state index contributed by atoms with van der Waals surface area (Å²) in [6, 6.07) is 3.30. The van der Waals surface area contributed by atoms with Gasteiger partial charge >= 0.3 is 0 Å². The van der Waals surface area contributed by atoms with E-state index in [2.05, 4.69) is 5.32 Å². The molecule has 2 atom stereocenters. The van der Waals surface area contributed by atoms with Gasteiger partial charge < -0.3 is 10.4 Å². The highest BCUT2D eigenvalue weighted by atomic mass is 35.5. The largest absolute Gasteiger partial charge is 0.391 e. The minimum absolute atomic E-state index is 0.109. The van der Waals surface area contributed by atoms with E-state index in [9.17, 15) is 9.90 Å². The zero-order chi connectivity index (χ0) is 11.5. The van der Waals surface area contributed by atoms with Gasteiger partial charge in [0.15, 0.2) is 0 Å².